The Morgan fingerprint density at radius 1 is 1.00 bits per heavy atom. The highest BCUT2D eigenvalue weighted by molar-refractivity contribution is 7.89. The molecule has 7 nitrogen and oxygen atoms in total. The van der Waals surface area contributed by atoms with Crippen molar-refractivity contribution in [2.45, 2.75) is 66.5 Å². The van der Waals surface area contributed by atoms with Gasteiger partial charge in [0.05, 0.1) is 5.75 Å². The van der Waals surface area contributed by atoms with Crippen molar-refractivity contribution in [3.8, 4) is 0 Å². The lowest BCUT2D eigenvalue weighted by Crippen LogP contribution is -2.39. The molecular formula is C17H39N5O2S. The molecule has 0 saturated carbocycles. The van der Waals surface area contributed by atoms with E-state index in [2.05, 4.69) is 52.9 Å². The quantitative estimate of drug-likeness (QED) is 0.256. The van der Waals surface area contributed by atoms with Crippen LogP contribution in [0.15, 0.2) is 4.99 Å². The van der Waals surface area contributed by atoms with Gasteiger partial charge < -0.3 is 10.6 Å². The fourth-order valence-electron chi connectivity index (χ4n) is 2.52. The van der Waals surface area contributed by atoms with Crippen LogP contribution in [0.25, 0.3) is 0 Å². The third-order valence-electron chi connectivity index (χ3n) is 3.86. The van der Waals surface area contributed by atoms with Gasteiger partial charge in [0.2, 0.25) is 10.0 Å². The molecule has 0 aromatic rings. The molecule has 0 aliphatic heterocycles. The van der Waals surface area contributed by atoms with Crippen LogP contribution in [0.2, 0.25) is 0 Å². The highest BCUT2D eigenvalue weighted by Crippen LogP contribution is 2.05. The predicted molar refractivity (Wildman–Crippen MR) is 108 cm³/mol. The van der Waals surface area contributed by atoms with E-state index in [1.165, 1.54) is 0 Å². The summed E-state index contributed by atoms with van der Waals surface area (Å²) in [5.74, 6) is 0.912. The first-order valence-corrected chi connectivity index (χ1v) is 11.1. The van der Waals surface area contributed by atoms with Crippen molar-refractivity contribution in [1.29, 1.82) is 0 Å². The van der Waals surface area contributed by atoms with Gasteiger partial charge in [-0.25, -0.2) is 13.1 Å². The fourth-order valence-corrected chi connectivity index (χ4v) is 3.18. The number of hydrogen-bond acceptors (Lipinski definition) is 4. The molecule has 0 amide bonds. The summed E-state index contributed by atoms with van der Waals surface area (Å²) in [6.45, 7) is 16.3. The van der Waals surface area contributed by atoms with Crippen LogP contribution in [0, 0.1) is 0 Å². The van der Waals surface area contributed by atoms with E-state index in [1.54, 1.807) is 6.92 Å². The van der Waals surface area contributed by atoms with Crippen molar-refractivity contribution in [2.24, 2.45) is 4.99 Å². The maximum atomic E-state index is 11.4. The molecule has 0 unspecified atom stereocenters. The zero-order valence-electron chi connectivity index (χ0n) is 16.9. The standard InChI is InChI=1S/C17H39N5O2S/c1-7-18-17(19-11-9-13-21-25(23,24)8-2)20-12-10-14-22(15(3)4)16(5)6/h15-16,21H,7-14H2,1-6H3,(H2,18,19,20). The van der Waals surface area contributed by atoms with Crippen molar-refractivity contribution in [3.63, 3.8) is 0 Å². The van der Waals surface area contributed by atoms with E-state index in [1.807, 2.05) is 6.92 Å². The molecule has 0 bridgehead atoms. The SMILES string of the molecule is CCNC(=NCCCN(C(C)C)C(C)C)NCCCNS(=O)(=O)CC. The van der Waals surface area contributed by atoms with E-state index in [-0.39, 0.29) is 5.75 Å². The molecule has 0 rings (SSSR count). The minimum Gasteiger partial charge on any atom is -0.357 e. The number of sulfonamides is 1. The summed E-state index contributed by atoms with van der Waals surface area (Å²) in [4.78, 5) is 7.06. The van der Waals surface area contributed by atoms with E-state index in [0.717, 1.165) is 38.4 Å². The molecule has 8 heteroatoms. The van der Waals surface area contributed by atoms with Crippen molar-refractivity contribution in [3.05, 3.63) is 0 Å². The lowest BCUT2D eigenvalue weighted by molar-refractivity contribution is 0.174. The minimum absolute atomic E-state index is 0.119. The molecule has 150 valence electrons. The summed E-state index contributed by atoms with van der Waals surface area (Å²) in [6, 6.07) is 1.09. The second-order valence-electron chi connectivity index (χ2n) is 6.62. The Morgan fingerprint density at radius 2 is 1.64 bits per heavy atom. The van der Waals surface area contributed by atoms with E-state index in [0.29, 0.717) is 25.2 Å². The van der Waals surface area contributed by atoms with Gasteiger partial charge in [-0.1, -0.05) is 0 Å². The van der Waals surface area contributed by atoms with Crippen LogP contribution in [0.3, 0.4) is 0 Å². The van der Waals surface area contributed by atoms with Crippen molar-refractivity contribution < 1.29 is 8.42 Å². The van der Waals surface area contributed by atoms with Crippen molar-refractivity contribution in [1.82, 2.24) is 20.3 Å². The topological polar surface area (TPSA) is 85.8 Å². The van der Waals surface area contributed by atoms with Gasteiger partial charge in [-0.3, -0.25) is 9.89 Å². The van der Waals surface area contributed by atoms with E-state index < -0.39 is 10.0 Å². The van der Waals surface area contributed by atoms with Crippen LogP contribution in [0.1, 0.15) is 54.4 Å². The number of hydrogen-bond donors (Lipinski definition) is 3. The molecule has 0 atom stereocenters. The number of aliphatic imine (C=N–C) groups is 1. The van der Waals surface area contributed by atoms with Gasteiger partial charge in [0, 0.05) is 44.8 Å². The smallest absolute Gasteiger partial charge is 0.211 e. The Hall–Kier alpha value is -0.860. The predicted octanol–water partition coefficient (Wildman–Crippen LogP) is 1.38. The van der Waals surface area contributed by atoms with Crippen LogP contribution in [0.5, 0.6) is 0 Å². The molecule has 25 heavy (non-hydrogen) atoms. The highest BCUT2D eigenvalue weighted by atomic mass is 32.2. The van der Waals surface area contributed by atoms with Gasteiger partial charge in [0.1, 0.15) is 0 Å². The summed E-state index contributed by atoms with van der Waals surface area (Å²) < 4.78 is 25.3. The molecule has 0 aromatic carbocycles. The zero-order chi connectivity index (χ0) is 19.3. The third-order valence-corrected chi connectivity index (χ3v) is 5.27. The molecule has 0 spiro atoms. The lowest BCUT2D eigenvalue weighted by Gasteiger charge is -2.30. The minimum atomic E-state index is -3.10. The monoisotopic (exact) mass is 377 g/mol. The summed E-state index contributed by atoms with van der Waals surface area (Å²) >= 11 is 0. The first-order valence-electron chi connectivity index (χ1n) is 9.48. The first-order chi connectivity index (χ1) is 11.7. The van der Waals surface area contributed by atoms with Crippen LogP contribution in [-0.2, 0) is 10.0 Å². The molecule has 3 N–H and O–H groups in total. The van der Waals surface area contributed by atoms with Gasteiger partial charge in [-0.15, -0.1) is 0 Å². The Morgan fingerprint density at radius 3 is 2.16 bits per heavy atom. The van der Waals surface area contributed by atoms with Gasteiger partial charge in [-0.05, 0) is 54.4 Å². The van der Waals surface area contributed by atoms with Crippen molar-refractivity contribution in [2.75, 3.05) is 38.5 Å². The molecule has 0 radical (unpaired) electrons. The van der Waals surface area contributed by atoms with Crippen LogP contribution in [0.4, 0.5) is 0 Å². The molecule has 0 aliphatic rings. The average Bonchev–Trinajstić information content (AvgIpc) is 2.53. The molecule has 0 aliphatic carbocycles. The van der Waals surface area contributed by atoms with E-state index in [4.69, 9.17) is 0 Å². The van der Waals surface area contributed by atoms with E-state index >= 15 is 0 Å². The summed E-state index contributed by atoms with van der Waals surface area (Å²) in [7, 11) is -3.10. The fraction of sp³-hybridized carbons (Fsp3) is 0.941. The Kier molecular flexibility index (Phi) is 12.9. The van der Waals surface area contributed by atoms with Crippen LogP contribution in [-0.4, -0.2) is 69.8 Å². The summed E-state index contributed by atoms with van der Waals surface area (Å²) in [6.07, 6.45) is 1.74. The number of nitrogens with zero attached hydrogens (tertiary/aromatic N) is 2. The molecule has 0 saturated heterocycles. The number of rotatable bonds is 13. The molecule has 0 heterocycles. The first kappa shape index (κ1) is 24.1. The maximum absolute atomic E-state index is 11.4. The Labute approximate surface area is 155 Å². The zero-order valence-corrected chi connectivity index (χ0v) is 17.7. The second kappa shape index (κ2) is 13.4. The van der Waals surface area contributed by atoms with Gasteiger partial charge in [0.25, 0.3) is 0 Å². The Bertz CT molecular complexity index is 456. The lowest BCUT2D eigenvalue weighted by atomic mass is 10.2. The normalized spacial score (nSPS) is 13.1. The molecule has 0 aromatic heterocycles. The van der Waals surface area contributed by atoms with Crippen LogP contribution >= 0.6 is 0 Å². The van der Waals surface area contributed by atoms with Gasteiger partial charge in [0.15, 0.2) is 5.96 Å². The summed E-state index contributed by atoms with van der Waals surface area (Å²) in [5, 5.41) is 6.47. The molecule has 0 fully saturated rings. The molecular weight excluding hydrogens is 338 g/mol. The summed E-state index contributed by atoms with van der Waals surface area (Å²) in [5.41, 5.74) is 0. The maximum Gasteiger partial charge on any atom is 0.211 e. The number of guanidine groups is 1. The number of nitrogens with one attached hydrogen (secondary N) is 3. The van der Waals surface area contributed by atoms with Gasteiger partial charge in [-0.2, -0.15) is 0 Å². The largest absolute Gasteiger partial charge is 0.357 e. The average molecular weight is 378 g/mol. The third kappa shape index (κ3) is 12.2. The van der Waals surface area contributed by atoms with Gasteiger partial charge >= 0.3 is 0 Å². The second-order valence-corrected chi connectivity index (χ2v) is 8.71. The Balaban J connectivity index is 4.16. The van der Waals surface area contributed by atoms with Crippen molar-refractivity contribution >= 4 is 16.0 Å². The highest BCUT2D eigenvalue weighted by Gasteiger charge is 2.12. The van der Waals surface area contributed by atoms with E-state index in [9.17, 15) is 8.42 Å². The van der Waals surface area contributed by atoms with Crippen LogP contribution < -0.4 is 15.4 Å².